The highest BCUT2D eigenvalue weighted by atomic mass is 16.3. The predicted molar refractivity (Wildman–Crippen MR) is 144 cm³/mol. The Hall–Kier alpha value is -3.74. The van der Waals surface area contributed by atoms with Crippen LogP contribution >= 0.6 is 0 Å². The lowest BCUT2D eigenvalue weighted by atomic mass is 9.89. The van der Waals surface area contributed by atoms with Gasteiger partial charge in [0.05, 0.1) is 6.33 Å². The van der Waals surface area contributed by atoms with Crippen molar-refractivity contribution in [2.75, 3.05) is 5.32 Å². The Morgan fingerprint density at radius 3 is 2.59 bits per heavy atom. The van der Waals surface area contributed by atoms with Gasteiger partial charge in [-0.1, -0.05) is 51.0 Å². The highest BCUT2D eigenvalue weighted by Gasteiger charge is 2.61. The van der Waals surface area contributed by atoms with Crippen LogP contribution in [0.15, 0.2) is 54.9 Å². The standard InChI is InChI=1S/C30H33N5O2/c1-29(18-36)17-30(29,2)22-10-12-23(13-11-22)32-27-25-28(34-26(33-27)21-7-3-4-8-21)35(19-31-25)15-14-20-6-5-9-24(37)16-20/h5-6,9-13,16,18-19,21,37H,3-4,7-8,14-15,17H2,1-2H3,(H,32,33,34). The summed E-state index contributed by atoms with van der Waals surface area (Å²) in [6, 6.07) is 15.7. The molecule has 0 radical (unpaired) electrons. The lowest BCUT2D eigenvalue weighted by Crippen LogP contribution is -2.13. The van der Waals surface area contributed by atoms with Crippen molar-refractivity contribution in [1.82, 2.24) is 19.5 Å². The largest absolute Gasteiger partial charge is 0.508 e. The van der Waals surface area contributed by atoms with Crippen molar-refractivity contribution in [2.24, 2.45) is 5.41 Å². The number of nitrogens with one attached hydrogen (secondary N) is 1. The predicted octanol–water partition coefficient (Wildman–Crippen LogP) is 6.04. The fraction of sp³-hybridized carbons (Fsp3) is 0.400. The van der Waals surface area contributed by atoms with Crippen molar-refractivity contribution >= 4 is 29.0 Å². The molecule has 2 atom stereocenters. The normalized spacial score (nSPS) is 23.4. The number of anilines is 2. The maximum atomic E-state index is 11.5. The zero-order chi connectivity index (χ0) is 25.6. The summed E-state index contributed by atoms with van der Waals surface area (Å²) < 4.78 is 2.09. The van der Waals surface area contributed by atoms with Crippen LogP contribution in [0.1, 0.15) is 68.8 Å². The van der Waals surface area contributed by atoms with E-state index in [-0.39, 0.29) is 16.6 Å². The maximum Gasteiger partial charge on any atom is 0.165 e. The van der Waals surface area contributed by atoms with Gasteiger partial charge in [-0.15, -0.1) is 0 Å². The molecule has 0 bridgehead atoms. The highest BCUT2D eigenvalue weighted by Crippen LogP contribution is 2.63. The Labute approximate surface area is 217 Å². The van der Waals surface area contributed by atoms with E-state index >= 15 is 0 Å². The zero-order valence-corrected chi connectivity index (χ0v) is 21.4. The van der Waals surface area contributed by atoms with E-state index in [0.29, 0.717) is 12.5 Å². The molecule has 2 aliphatic carbocycles. The summed E-state index contributed by atoms with van der Waals surface area (Å²) in [4.78, 5) is 26.2. The molecule has 2 saturated carbocycles. The van der Waals surface area contributed by atoms with Gasteiger partial charge in [-0.3, -0.25) is 0 Å². The number of fused-ring (bicyclic) bond motifs is 1. The van der Waals surface area contributed by atoms with Gasteiger partial charge in [-0.25, -0.2) is 15.0 Å². The third kappa shape index (κ3) is 4.26. The lowest BCUT2D eigenvalue weighted by molar-refractivity contribution is -0.112. The first-order valence-corrected chi connectivity index (χ1v) is 13.2. The number of carbonyl (C=O) groups is 1. The number of phenolic OH excluding ortho intramolecular Hbond substituents is 1. The molecule has 7 heteroatoms. The number of aryl methyl sites for hydroxylation is 2. The van der Waals surface area contributed by atoms with E-state index in [1.165, 1.54) is 18.4 Å². The van der Waals surface area contributed by atoms with Gasteiger partial charge in [0.1, 0.15) is 17.9 Å². The number of aldehydes is 1. The monoisotopic (exact) mass is 495 g/mol. The molecule has 2 aromatic carbocycles. The number of nitrogens with zero attached hydrogens (tertiary/aromatic N) is 4. The van der Waals surface area contributed by atoms with Crippen LogP contribution in [0.4, 0.5) is 11.5 Å². The van der Waals surface area contributed by atoms with Crippen molar-refractivity contribution in [3.05, 3.63) is 71.8 Å². The number of benzene rings is 2. The molecule has 2 aromatic heterocycles. The maximum absolute atomic E-state index is 11.5. The van der Waals surface area contributed by atoms with E-state index in [1.807, 2.05) is 25.4 Å². The first kappa shape index (κ1) is 23.6. The molecule has 190 valence electrons. The van der Waals surface area contributed by atoms with Crippen LogP contribution in [0.5, 0.6) is 5.75 Å². The SMILES string of the molecule is CC1(C=O)CC1(C)c1ccc(Nc2nc(C3CCCC3)nc3c2ncn3CCc2cccc(O)c2)cc1. The number of rotatable bonds is 8. The Bertz CT molecular complexity index is 1460. The van der Waals surface area contributed by atoms with E-state index in [0.717, 1.165) is 66.0 Å². The second-order valence-corrected chi connectivity index (χ2v) is 11.2. The molecule has 2 N–H and O–H groups in total. The van der Waals surface area contributed by atoms with E-state index in [9.17, 15) is 9.90 Å². The van der Waals surface area contributed by atoms with Crippen LogP contribution < -0.4 is 5.32 Å². The molecule has 6 rings (SSSR count). The molecule has 7 nitrogen and oxygen atoms in total. The molecule has 4 aromatic rings. The molecule has 2 unspecified atom stereocenters. The van der Waals surface area contributed by atoms with Crippen molar-refractivity contribution in [2.45, 2.75) is 70.3 Å². The van der Waals surface area contributed by atoms with Gasteiger partial charge >= 0.3 is 0 Å². The van der Waals surface area contributed by atoms with Crippen molar-refractivity contribution in [3.63, 3.8) is 0 Å². The highest BCUT2D eigenvalue weighted by molar-refractivity contribution is 5.85. The summed E-state index contributed by atoms with van der Waals surface area (Å²) in [5.74, 6) is 2.27. The Morgan fingerprint density at radius 1 is 1.11 bits per heavy atom. The number of hydrogen-bond acceptors (Lipinski definition) is 6. The summed E-state index contributed by atoms with van der Waals surface area (Å²) in [6.07, 6.45) is 9.24. The number of imidazole rings is 1. The molecule has 2 aliphatic rings. The summed E-state index contributed by atoms with van der Waals surface area (Å²) in [5, 5.41) is 13.3. The fourth-order valence-corrected chi connectivity index (χ4v) is 5.89. The van der Waals surface area contributed by atoms with Crippen molar-refractivity contribution in [1.29, 1.82) is 0 Å². The van der Waals surface area contributed by atoms with Gasteiger partial charge in [0.25, 0.3) is 0 Å². The van der Waals surface area contributed by atoms with Crippen molar-refractivity contribution in [3.8, 4) is 5.75 Å². The summed E-state index contributed by atoms with van der Waals surface area (Å²) in [6.45, 7) is 4.91. The molecule has 0 aliphatic heterocycles. The lowest BCUT2D eigenvalue weighted by Gasteiger charge is -2.16. The first-order chi connectivity index (χ1) is 17.9. The smallest absolute Gasteiger partial charge is 0.165 e. The van der Waals surface area contributed by atoms with Crippen LogP contribution in [0, 0.1) is 5.41 Å². The van der Waals surface area contributed by atoms with Crippen LogP contribution in [0.2, 0.25) is 0 Å². The number of phenols is 1. The van der Waals surface area contributed by atoms with E-state index in [1.54, 1.807) is 12.1 Å². The number of hydrogen-bond donors (Lipinski definition) is 2. The fourth-order valence-electron chi connectivity index (χ4n) is 5.89. The van der Waals surface area contributed by atoms with Crippen LogP contribution in [-0.2, 0) is 23.2 Å². The molecule has 2 fully saturated rings. The van der Waals surface area contributed by atoms with Gasteiger partial charge in [-0.2, -0.15) is 0 Å². The van der Waals surface area contributed by atoms with Gasteiger partial charge in [0.2, 0.25) is 0 Å². The second-order valence-electron chi connectivity index (χ2n) is 11.2. The molecule has 0 amide bonds. The minimum absolute atomic E-state index is 0.0978. The Morgan fingerprint density at radius 2 is 1.89 bits per heavy atom. The molecular formula is C30H33N5O2. The molecule has 0 saturated heterocycles. The van der Waals surface area contributed by atoms with Crippen molar-refractivity contribution < 1.29 is 9.90 Å². The third-order valence-corrected chi connectivity index (χ3v) is 8.65. The first-order valence-electron chi connectivity index (χ1n) is 13.2. The van der Waals surface area contributed by atoms with Gasteiger partial charge < -0.3 is 19.8 Å². The van der Waals surface area contributed by atoms with Gasteiger partial charge in [-0.05, 0) is 61.1 Å². The molecule has 0 spiro atoms. The number of carbonyl (C=O) groups excluding carboxylic acids is 1. The average molecular weight is 496 g/mol. The summed E-state index contributed by atoms with van der Waals surface area (Å²) in [7, 11) is 0. The third-order valence-electron chi connectivity index (χ3n) is 8.65. The number of aromatic nitrogens is 4. The van der Waals surface area contributed by atoms with Crippen LogP contribution in [0.25, 0.3) is 11.2 Å². The van der Waals surface area contributed by atoms with E-state index in [4.69, 9.17) is 15.0 Å². The van der Waals surface area contributed by atoms with Gasteiger partial charge in [0.15, 0.2) is 17.0 Å². The topological polar surface area (TPSA) is 92.9 Å². The molecule has 2 heterocycles. The summed E-state index contributed by atoms with van der Waals surface area (Å²) in [5.41, 5.74) is 4.41. The van der Waals surface area contributed by atoms with Crippen LogP contribution in [-0.4, -0.2) is 30.9 Å². The average Bonchev–Trinajstić information content (AvgIpc) is 3.31. The van der Waals surface area contributed by atoms with Crippen LogP contribution in [0.3, 0.4) is 0 Å². The second kappa shape index (κ2) is 8.98. The van der Waals surface area contributed by atoms with Gasteiger partial charge in [0, 0.05) is 29.0 Å². The Kier molecular flexibility index (Phi) is 5.74. The zero-order valence-electron chi connectivity index (χ0n) is 21.4. The minimum Gasteiger partial charge on any atom is -0.508 e. The van der Waals surface area contributed by atoms with E-state index in [2.05, 4.69) is 41.1 Å². The minimum atomic E-state index is -0.276. The molecule has 37 heavy (non-hydrogen) atoms. The Balaban J connectivity index is 1.30. The van der Waals surface area contributed by atoms with E-state index < -0.39 is 0 Å². The quantitative estimate of drug-likeness (QED) is 0.289. The molecular weight excluding hydrogens is 462 g/mol. The summed E-state index contributed by atoms with van der Waals surface area (Å²) >= 11 is 0. The number of aromatic hydroxyl groups is 1.